The first-order valence-electron chi connectivity index (χ1n) is 15.8. The maximum absolute atomic E-state index is 12.9. The van der Waals surface area contributed by atoms with E-state index in [0.29, 0.717) is 17.0 Å². The van der Waals surface area contributed by atoms with Gasteiger partial charge in [0.1, 0.15) is 12.1 Å². The molecule has 2 saturated carbocycles. The van der Waals surface area contributed by atoms with E-state index in [1.54, 1.807) is 12.1 Å². The molecule has 1 amide bonds. The lowest BCUT2D eigenvalue weighted by Crippen LogP contribution is -2.27. The molecule has 3 aliphatic carbocycles. The van der Waals surface area contributed by atoms with Crippen LogP contribution in [0.15, 0.2) is 54.2 Å². The van der Waals surface area contributed by atoms with Gasteiger partial charge in [-0.25, -0.2) is 4.98 Å². The topological polar surface area (TPSA) is 86.9 Å². The monoisotopic (exact) mass is 556 g/mol. The molecule has 1 aromatic heterocycles. The average Bonchev–Trinajstić information content (AvgIpc) is 3.67. The van der Waals surface area contributed by atoms with Gasteiger partial charge in [-0.05, 0) is 93.7 Å². The molecule has 2 fully saturated rings. The van der Waals surface area contributed by atoms with Crippen LogP contribution >= 0.6 is 0 Å². The molecule has 3 N–H and O–H groups in total. The van der Waals surface area contributed by atoms with Crippen LogP contribution in [-0.4, -0.2) is 35.3 Å². The third-order valence-electron chi connectivity index (χ3n) is 8.87. The van der Waals surface area contributed by atoms with E-state index in [9.17, 15) is 9.59 Å². The minimum absolute atomic E-state index is 0.0576. The molecule has 3 atom stereocenters. The lowest BCUT2D eigenvalue weighted by atomic mass is 9.87. The highest BCUT2D eigenvalue weighted by Gasteiger charge is 2.29. The first-order valence-corrected chi connectivity index (χ1v) is 15.8. The Hall–Kier alpha value is -3.25. The number of nitrogens with one attached hydrogen (secondary N) is 3. The van der Waals surface area contributed by atoms with Crippen LogP contribution in [-0.2, 0) is 0 Å². The van der Waals surface area contributed by atoms with E-state index < -0.39 is 0 Å². The van der Waals surface area contributed by atoms with Gasteiger partial charge in [-0.2, -0.15) is 0 Å². The number of benzene rings is 2. The van der Waals surface area contributed by atoms with Crippen molar-refractivity contribution in [1.29, 1.82) is 0 Å². The Labute approximate surface area is 245 Å². The van der Waals surface area contributed by atoms with Gasteiger partial charge in [0.25, 0.3) is 5.91 Å². The maximum atomic E-state index is 12.9. The van der Waals surface area contributed by atoms with E-state index in [1.807, 2.05) is 44.2 Å². The highest BCUT2D eigenvalue weighted by atomic mass is 16.1. The molecule has 2 bridgehead atoms. The lowest BCUT2D eigenvalue weighted by molar-refractivity contribution is 0.0960. The second kappa shape index (κ2) is 15.1. The molecule has 6 rings (SSSR count). The maximum Gasteiger partial charge on any atom is 0.255 e. The normalized spacial score (nSPS) is 23.5. The van der Waals surface area contributed by atoms with Gasteiger partial charge in [0.15, 0.2) is 0 Å². The second-order valence-electron chi connectivity index (χ2n) is 11.7. The number of H-pyrrole nitrogens is 1. The fourth-order valence-corrected chi connectivity index (χ4v) is 6.51. The molecule has 0 aliphatic heterocycles. The van der Waals surface area contributed by atoms with Crippen molar-refractivity contribution >= 4 is 23.2 Å². The SMILES string of the molecule is CC.CC1CC2CCC(C/C=C/1NC(=O)c1ccc(-c3nc4ccc(C=O)cc4[nH]3)cc1)C2.CNC1CCCCC1. The summed E-state index contributed by atoms with van der Waals surface area (Å²) >= 11 is 0. The number of carbonyl (C=O) groups is 2. The van der Waals surface area contributed by atoms with Gasteiger partial charge in [-0.15, -0.1) is 0 Å². The van der Waals surface area contributed by atoms with Crippen LogP contribution in [0.4, 0.5) is 0 Å². The van der Waals surface area contributed by atoms with Crippen molar-refractivity contribution in [2.75, 3.05) is 7.05 Å². The summed E-state index contributed by atoms with van der Waals surface area (Å²) in [7, 11) is 2.07. The number of aldehydes is 1. The van der Waals surface area contributed by atoms with Gasteiger partial charge in [-0.1, -0.05) is 64.7 Å². The number of hydrogen-bond donors (Lipinski definition) is 3. The fraction of sp³-hybridized carbons (Fsp3) is 0.514. The molecule has 3 aromatic rings. The van der Waals surface area contributed by atoms with E-state index in [1.165, 1.54) is 57.8 Å². The molecule has 3 unspecified atom stereocenters. The van der Waals surface area contributed by atoms with E-state index in [0.717, 1.165) is 58.7 Å². The number of carbonyl (C=O) groups excluding carboxylic acids is 2. The van der Waals surface area contributed by atoms with Crippen molar-refractivity contribution in [2.24, 2.45) is 17.8 Å². The highest BCUT2D eigenvalue weighted by Crippen LogP contribution is 2.40. The molecule has 41 heavy (non-hydrogen) atoms. The predicted molar refractivity (Wildman–Crippen MR) is 169 cm³/mol. The van der Waals surface area contributed by atoms with Crippen molar-refractivity contribution < 1.29 is 9.59 Å². The van der Waals surface area contributed by atoms with Crippen LogP contribution in [0.2, 0.25) is 0 Å². The number of aromatic nitrogens is 2. The third kappa shape index (κ3) is 8.16. The molecule has 2 aromatic carbocycles. The Morgan fingerprint density at radius 3 is 2.37 bits per heavy atom. The average molecular weight is 557 g/mol. The highest BCUT2D eigenvalue weighted by molar-refractivity contribution is 5.96. The number of hydrogen-bond acceptors (Lipinski definition) is 4. The molecular weight excluding hydrogens is 508 g/mol. The van der Waals surface area contributed by atoms with Crippen LogP contribution in [0.25, 0.3) is 22.4 Å². The summed E-state index contributed by atoms with van der Waals surface area (Å²) in [6, 6.07) is 13.7. The fourth-order valence-electron chi connectivity index (χ4n) is 6.51. The van der Waals surface area contributed by atoms with Gasteiger partial charge in [-0.3, -0.25) is 9.59 Å². The summed E-state index contributed by atoms with van der Waals surface area (Å²) in [6.07, 6.45) is 16.5. The van der Waals surface area contributed by atoms with E-state index in [4.69, 9.17) is 0 Å². The van der Waals surface area contributed by atoms with Crippen molar-refractivity contribution in [1.82, 2.24) is 20.6 Å². The number of nitrogens with zero attached hydrogens (tertiary/aromatic N) is 1. The summed E-state index contributed by atoms with van der Waals surface area (Å²) < 4.78 is 0. The van der Waals surface area contributed by atoms with Crippen LogP contribution in [0.3, 0.4) is 0 Å². The minimum Gasteiger partial charge on any atom is -0.338 e. The van der Waals surface area contributed by atoms with Crippen molar-refractivity contribution in [3.8, 4) is 11.4 Å². The lowest BCUT2D eigenvalue weighted by Gasteiger charge is -2.23. The predicted octanol–water partition coefficient (Wildman–Crippen LogP) is 8.07. The molecule has 0 spiro atoms. The number of fused-ring (bicyclic) bond motifs is 3. The molecular formula is C35H48N4O2. The van der Waals surface area contributed by atoms with Gasteiger partial charge in [0, 0.05) is 28.4 Å². The van der Waals surface area contributed by atoms with Crippen LogP contribution < -0.4 is 10.6 Å². The molecule has 220 valence electrons. The van der Waals surface area contributed by atoms with E-state index >= 15 is 0 Å². The Kier molecular flexibility index (Phi) is 11.3. The van der Waals surface area contributed by atoms with Gasteiger partial charge < -0.3 is 15.6 Å². The molecule has 1 heterocycles. The molecule has 3 aliphatic rings. The Morgan fingerprint density at radius 2 is 1.68 bits per heavy atom. The minimum atomic E-state index is -0.0576. The van der Waals surface area contributed by atoms with Crippen LogP contribution in [0.1, 0.15) is 106 Å². The third-order valence-corrected chi connectivity index (χ3v) is 8.87. The summed E-state index contributed by atoms with van der Waals surface area (Å²) in [6.45, 7) is 6.23. The van der Waals surface area contributed by atoms with Crippen LogP contribution in [0.5, 0.6) is 0 Å². The number of aromatic amines is 1. The molecule has 6 heteroatoms. The summed E-state index contributed by atoms with van der Waals surface area (Å²) in [5, 5.41) is 6.48. The first-order chi connectivity index (χ1) is 20.0. The smallest absolute Gasteiger partial charge is 0.255 e. The van der Waals surface area contributed by atoms with Crippen molar-refractivity contribution in [2.45, 2.75) is 91.0 Å². The second-order valence-corrected chi connectivity index (χ2v) is 11.7. The summed E-state index contributed by atoms with van der Waals surface area (Å²) in [5.74, 6) is 2.65. The summed E-state index contributed by atoms with van der Waals surface area (Å²) in [4.78, 5) is 31.7. The molecule has 0 saturated heterocycles. The Bertz CT molecular complexity index is 1300. The zero-order valence-corrected chi connectivity index (χ0v) is 25.3. The van der Waals surface area contributed by atoms with Crippen molar-refractivity contribution in [3.63, 3.8) is 0 Å². The standard InChI is InChI=1S/C26H27N3O2.C7H15N.C2H6/c1-16-12-18-3-2-17(13-18)4-10-22(16)29-26(31)21-8-6-20(7-9-21)25-27-23-11-5-19(15-30)14-24(23)28-25;1-8-7-5-3-2-4-6-7;1-2/h5-11,14-18H,2-4,12-13H2,1H3,(H,27,28)(H,29,31);7-8H,2-6H2,1H3;1-2H3/b22-10-;;. The molecule has 6 nitrogen and oxygen atoms in total. The van der Waals surface area contributed by atoms with Crippen molar-refractivity contribution in [3.05, 3.63) is 65.4 Å². The number of imidazole rings is 1. The first kappa shape index (κ1) is 30.7. The van der Waals surface area contributed by atoms with Gasteiger partial charge in [0.05, 0.1) is 11.0 Å². The largest absolute Gasteiger partial charge is 0.338 e. The number of rotatable bonds is 5. The zero-order chi connectivity index (χ0) is 29.2. The number of amides is 1. The van der Waals surface area contributed by atoms with Crippen LogP contribution in [0, 0.1) is 17.8 Å². The van der Waals surface area contributed by atoms with Gasteiger partial charge in [0.2, 0.25) is 0 Å². The zero-order valence-electron chi connectivity index (χ0n) is 25.3. The van der Waals surface area contributed by atoms with E-state index in [2.05, 4.69) is 40.6 Å². The quantitative estimate of drug-likeness (QED) is 0.277. The molecule has 0 radical (unpaired) electrons. The number of allylic oxidation sites excluding steroid dienone is 2. The summed E-state index contributed by atoms with van der Waals surface area (Å²) in [5.41, 5.74) is 4.85. The Morgan fingerprint density at radius 1 is 0.951 bits per heavy atom. The Balaban J connectivity index is 0.000000332. The van der Waals surface area contributed by atoms with E-state index in [-0.39, 0.29) is 5.91 Å². The van der Waals surface area contributed by atoms with Gasteiger partial charge >= 0.3 is 0 Å².